The van der Waals surface area contributed by atoms with Crippen LogP contribution in [0, 0.1) is 0 Å². The van der Waals surface area contributed by atoms with Gasteiger partial charge in [0.1, 0.15) is 6.10 Å². The van der Waals surface area contributed by atoms with Crippen LogP contribution in [0.2, 0.25) is 0 Å². The quantitative estimate of drug-likeness (QED) is 0.733. The highest BCUT2D eigenvalue weighted by Crippen LogP contribution is 2.34. The van der Waals surface area contributed by atoms with Crippen LogP contribution in [-0.2, 0) is 11.3 Å². The molecule has 2 unspecified atom stereocenters. The molecule has 0 saturated heterocycles. The topological polar surface area (TPSA) is 65.4 Å². The van der Waals surface area contributed by atoms with Gasteiger partial charge in [0.05, 0.1) is 5.69 Å². The van der Waals surface area contributed by atoms with E-state index < -0.39 is 6.10 Å². The Labute approximate surface area is 166 Å². The smallest absolute Gasteiger partial charge is 0.269 e. The SMILES string of the molecule is CC1Oc2ccccc2OC1C(=O)Nc1ccc(-c2cn3c(n2)SCC3)cc1. The first kappa shape index (κ1) is 17.2. The largest absolute Gasteiger partial charge is 0.482 e. The molecule has 0 spiro atoms. The van der Waals surface area contributed by atoms with Gasteiger partial charge in [-0.3, -0.25) is 4.79 Å². The van der Waals surface area contributed by atoms with Crippen LogP contribution >= 0.6 is 11.8 Å². The summed E-state index contributed by atoms with van der Waals surface area (Å²) in [4.78, 5) is 17.4. The Morgan fingerprint density at radius 3 is 2.64 bits per heavy atom. The highest BCUT2D eigenvalue weighted by Gasteiger charge is 2.34. The Morgan fingerprint density at radius 1 is 1.14 bits per heavy atom. The molecule has 0 fully saturated rings. The molecular formula is C21H19N3O3S. The van der Waals surface area contributed by atoms with Crippen LogP contribution in [0.25, 0.3) is 11.3 Å². The number of amides is 1. The number of aryl methyl sites for hydroxylation is 1. The zero-order valence-electron chi connectivity index (χ0n) is 15.3. The van der Waals surface area contributed by atoms with Crippen LogP contribution in [0.4, 0.5) is 5.69 Å². The normalized spacial score (nSPS) is 19.9. The maximum Gasteiger partial charge on any atom is 0.269 e. The third kappa shape index (κ3) is 3.11. The van der Waals surface area contributed by atoms with Crippen LogP contribution in [-0.4, -0.2) is 33.4 Å². The van der Waals surface area contributed by atoms with Crippen LogP contribution in [0.5, 0.6) is 11.5 Å². The number of hydrogen-bond acceptors (Lipinski definition) is 5. The number of imidazole rings is 1. The summed E-state index contributed by atoms with van der Waals surface area (Å²) < 4.78 is 13.8. The molecule has 1 aromatic heterocycles. The second-order valence-electron chi connectivity index (χ2n) is 6.83. The molecule has 0 radical (unpaired) electrons. The lowest BCUT2D eigenvalue weighted by Gasteiger charge is -2.31. The van der Waals surface area contributed by atoms with Gasteiger partial charge in [0.2, 0.25) is 6.10 Å². The Hall–Kier alpha value is -2.93. The first-order chi connectivity index (χ1) is 13.7. The Morgan fingerprint density at radius 2 is 1.89 bits per heavy atom. The number of rotatable bonds is 3. The first-order valence-electron chi connectivity index (χ1n) is 9.21. The molecule has 28 heavy (non-hydrogen) atoms. The predicted molar refractivity (Wildman–Crippen MR) is 108 cm³/mol. The minimum atomic E-state index is -0.706. The number of nitrogens with one attached hydrogen (secondary N) is 1. The van der Waals surface area contributed by atoms with E-state index in [1.54, 1.807) is 17.8 Å². The highest BCUT2D eigenvalue weighted by atomic mass is 32.2. The standard InChI is InChI=1S/C21H19N3O3S/c1-13-19(27-18-5-3-2-4-17(18)26-13)20(25)22-15-8-6-14(7-9-15)16-12-24-10-11-28-21(24)23-16/h2-9,12-13,19H,10-11H2,1H3,(H,22,25). The van der Waals surface area contributed by atoms with Crippen molar-refractivity contribution in [1.29, 1.82) is 0 Å². The Kier molecular flexibility index (Phi) is 4.24. The molecule has 6 nitrogen and oxygen atoms in total. The van der Waals surface area contributed by atoms with Gasteiger partial charge in [0, 0.05) is 29.7 Å². The number of anilines is 1. The van der Waals surface area contributed by atoms with Gasteiger partial charge in [0.15, 0.2) is 16.7 Å². The molecule has 0 saturated carbocycles. The predicted octanol–water partition coefficient (Wildman–Crippen LogP) is 3.82. The fraction of sp³-hybridized carbons (Fsp3) is 0.238. The summed E-state index contributed by atoms with van der Waals surface area (Å²) in [7, 11) is 0. The number of para-hydroxylation sites is 2. The van der Waals surface area contributed by atoms with Crippen molar-refractivity contribution in [2.75, 3.05) is 11.1 Å². The second-order valence-corrected chi connectivity index (χ2v) is 7.89. The van der Waals surface area contributed by atoms with Gasteiger partial charge in [-0.1, -0.05) is 36.0 Å². The van der Waals surface area contributed by atoms with Gasteiger partial charge >= 0.3 is 0 Å². The van der Waals surface area contributed by atoms with E-state index in [1.807, 2.05) is 49.4 Å². The molecule has 1 amide bonds. The summed E-state index contributed by atoms with van der Waals surface area (Å²) in [5, 5.41) is 3.98. The van der Waals surface area contributed by atoms with Crippen LogP contribution in [0.1, 0.15) is 6.92 Å². The fourth-order valence-electron chi connectivity index (χ4n) is 3.39. The van der Waals surface area contributed by atoms with E-state index in [1.165, 1.54) is 0 Å². The van der Waals surface area contributed by atoms with Crippen LogP contribution in [0.3, 0.4) is 0 Å². The Balaban J connectivity index is 1.29. The molecule has 0 bridgehead atoms. The van der Waals surface area contributed by atoms with Crippen molar-refractivity contribution in [3.63, 3.8) is 0 Å². The Bertz CT molecular complexity index is 1010. The lowest BCUT2D eigenvalue weighted by atomic mass is 10.1. The van der Waals surface area contributed by atoms with Crippen molar-refractivity contribution >= 4 is 23.4 Å². The second kappa shape index (κ2) is 6.91. The minimum absolute atomic E-state index is 0.230. The summed E-state index contributed by atoms with van der Waals surface area (Å²) in [5.74, 6) is 2.10. The molecule has 5 rings (SSSR count). The number of hydrogen-bond donors (Lipinski definition) is 1. The lowest BCUT2D eigenvalue weighted by molar-refractivity contribution is -0.128. The number of benzene rings is 2. The molecular weight excluding hydrogens is 374 g/mol. The van der Waals surface area contributed by atoms with Gasteiger partial charge in [0.25, 0.3) is 5.91 Å². The molecule has 3 aromatic rings. The summed E-state index contributed by atoms with van der Waals surface area (Å²) >= 11 is 1.78. The van der Waals surface area contributed by atoms with Gasteiger partial charge in [-0.2, -0.15) is 0 Å². The summed E-state index contributed by atoms with van der Waals surface area (Å²) in [5.41, 5.74) is 2.69. The van der Waals surface area contributed by atoms with Gasteiger partial charge < -0.3 is 19.4 Å². The number of nitrogens with zero attached hydrogens (tertiary/aromatic N) is 2. The van der Waals surface area contributed by atoms with E-state index in [0.717, 1.165) is 28.7 Å². The average molecular weight is 393 g/mol. The molecule has 2 aliphatic heterocycles. The zero-order valence-corrected chi connectivity index (χ0v) is 16.1. The van der Waals surface area contributed by atoms with E-state index in [-0.39, 0.29) is 12.0 Å². The van der Waals surface area contributed by atoms with E-state index in [9.17, 15) is 4.79 Å². The number of aromatic nitrogens is 2. The van der Waals surface area contributed by atoms with E-state index in [0.29, 0.717) is 17.2 Å². The van der Waals surface area contributed by atoms with Gasteiger partial charge in [-0.25, -0.2) is 4.98 Å². The van der Waals surface area contributed by atoms with E-state index in [2.05, 4.69) is 21.1 Å². The van der Waals surface area contributed by atoms with Crippen molar-refractivity contribution in [2.24, 2.45) is 0 Å². The molecule has 2 aromatic carbocycles. The van der Waals surface area contributed by atoms with Crippen molar-refractivity contribution in [3.05, 3.63) is 54.7 Å². The van der Waals surface area contributed by atoms with Crippen LogP contribution in [0.15, 0.2) is 59.9 Å². The molecule has 0 aliphatic carbocycles. The van der Waals surface area contributed by atoms with Crippen molar-refractivity contribution < 1.29 is 14.3 Å². The zero-order chi connectivity index (χ0) is 19.1. The van der Waals surface area contributed by atoms with E-state index in [4.69, 9.17) is 9.47 Å². The van der Waals surface area contributed by atoms with Crippen LogP contribution < -0.4 is 14.8 Å². The molecule has 2 atom stereocenters. The third-order valence-electron chi connectivity index (χ3n) is 4.85. The van der Waals surface area contributed by atoms with Gasteiger partial charge in [-0.15, -0.1) is 0 Å². The maximum absolute atomic E-state index is 12.7. The van der Waals surface area contributed by atoms with E-state index >= 15 is 0 Å². The van der Waals surface area contributed by atoms with Gasteiger partial charge in [-0.05, 0) is 31.2 Å². The van der Waals surface area contributed by atoms with Crippen molar-refractivity contribution in [2.45, 2.75) is 30.8 Å². The number of ether oxygens (including phenoxy) is 2. The molecule has 7 heteroatoms. The first-order valence-corrected chi connectivity index (χ1v) is 10.2. The molecule has 1 N–H and O–H groups in total. The third-order valence-corrected chi connectivity index (χ3v) is 5.82. The number of fused-ring (bicyclic) bond motifs is 2. The number of carbonyl (C=O) groups excluding carboxylic acids is 1. The average Bonchev–Trinajstić information content (AvgIpc) is 3.30. The molecule has 142 valence electrons. The number of carbonyl (C=O) groups is 1. The summed E-state index contributed by atoms with van der Waals surface area (Å²) in [6.07, 6.45) is 0.997. The molecule has 3 heterocycles. The summed E-state index contributed by atoms with van der Waals surface area (Å²) in [6, 6.07) is 15.1. The maximum atomic E-state index is 12.7. The molecule has 2 aliphatic rings. The highest BCUT2D eigenvalue weighted by molar-refractivity contribution is 7.99. The lowest BCUT2D eigenvalue weighted by Crippen LogP contribution is -2.46. The minimum Gasteiger partial charge on any atom is -0.482 e. The monoisotopic (exact) mass is 393 g/mol. The summed E-state index contributed by atoms with van der Waals surface area (Å²) in [6.45, 7) is 2.84. The van der Waals surface area contributed by atoms with Crippen molar-refractivity contribution in [1.82, 2.24) is 9.55 Å². The number of thioether (sulfide) groups is 1. The fourth-order valence-corrected chi connectivity index (χ4v) is 4.34. The van der Waals surface area contributed by atoms with Crippen molar-refractivity contribution in [3.8, 4) is 22.8 Å².